The van der Waals surface area contributed by atoms with Gasteiger partial charge in [-0.2, -0.15) is 4.57 Å². The summed E-state index contributed by atoms with van der Waals surface area (Å²) in [6.45, 7) is 5.53. The highest BCUT2D eigenvalue weighted by Crippen LogP contribution is 2.11. The topological polar surface area (TPSA) is 50.0 Å². The average Bonchev–Trinajstić information content (AvgIpc) is 2.55. The SMILES string of the molecule is CCCc1cc[n+]([C@H](C)C(=O)Nc2ccc(C(C)=O)cc2)cc1. The summed E-state index contributed by atoms with van der Waals surface area (Å²) in [7, 11) is 0. The van der Waals surface area contributed by atoms with Gasteiger partial charge in [-0.25, -0.2) is 0 Å². The number of rotatable bonds is 6. The number of anilines is 1. The molecular weight excluding hydrogens is 288 g/mol. The van der Waals surface area contributed by atoms with Gasteiger partial charge in [-0.3, -0.25) is 9.59 Å². The third kappa shape index (κ3) is 4.49. The molecule has 2 rings (SSSR count). The van der Waals surface area contributed by atoms with Crippen molar-refractivity contribution in [1.29, 1.82) is 0 Å². The third-order valence-electron chi connectivity index (χ3n) is 3.85. The van der Waals surface area contributed by atoms with Crippen LogP contribution in [0.25, 0.3) is 0 Å². The van der Waals surface area contributed by atoms with Gasteiger partial charge >= 0.3 is 0 Å². The van der Waals surface area contributed by atoms with E-state index in [1.165, 1.54) is 12.5 Å². The Bertz CT molecular complexity index is 676. The van der Waals surface area contributed by atoms with Crippen LogP contribution >= 0.6 is 0 Å². The summed E-state index contributed by atoms with van der Waals surface area (Å²) < 4.78 is 1.89. The number of ketones is 1. The summed E-state index contributed by atoms with van der Waals surface area (Å²) in [5.74, 6) is -0.0761. The molecule has 2 aromatic rings. The maximum atomic E-state index is 12.3. The van der Waals surface area contributed by atoms with E-state index < -0.39 is 0 Å². The van der Waals surface area contributed by atoms with Gasteiger partial charge in [0.1, 0.15) is 0 Å². The second-order valence-corrected chi connectivity index (χ2v) is 5.70. The normalized spacial score (nSPS) is 11.8. The van der Waals surface area contributed by atoms with Gasteiger partial charge in [-0.05, 0) is 43.2 Å². The number of hydrogen-bond acceptors (Lipinski definition) is 2. The fourth-order valence-corrected chi connectivity index (χ4v) is 2.35. The number of nitrogens with zero attached hydrogens (tertiary/aromatic N) is 1. The highest BCUT2D eigenvalue weighted by molar-refractivity contribution is 5.96. The van der Waals surface area contributed by atoms with Crippen LogP contribution in [0, 0.1) is 0 Å². The van der Waals surface area contributed by atoms with E-state index in [2.05, 4.69) is 24.4 Å². The van der Waals surface area contributed by atoms with Crippen molar-refractivity contribution >= 4 is 17.4 Å². The number of amides is 1. The predicted octanol–water partition coefficient (Wildman–Crippen LogP) is 3.33. The van der Waals surface area contributed by atoms with E-state index in [4.69, 9.17) is 0 Å². The first-order valence-corrected chi connectivity index (χ1v) is 7.92. The van der Waals surface area contributed by atoms with Crippen LogP contribution in [0.2, 0.25) is 0 Å². The monoisotopic (exact) mass is 311 g/mol. The van der Waals surface area contributed by atoms with Gasteiger partial charge in [0.15, 0.2) is 18.2 Å². The maximum Gasteiger partial charge on any atom is 0.293 e. The zero-order valence-corrected chi connectivity index (χ0v) is 13.9. The quantitative estimate of drug-likeness (QED) is 0.657. The highest BCUT2D eigenvalue weighted by Gasteiger charge is 2.21. The number of aryl methyl sites for hydroxylation is 1. The molecule has 120 valence electrons. The molecule has 0 saturated carbocycles. The van der Waals surface area contributed by atoms with E-state index in [0.717, 1.165) is 12.8 Å². The molecule has 1 aromatic heterocycles. The molecule has 1 atom stereocenters. The first-order chi connectivity index (χ1) is 11.0. The highest BCUT2D eigenvalue weighted by atomic mass is 16.2. The lowest BCUT2D eigenvalue weighted by molar-refractivity contribution is -0.705. The van der Waals surface area contributed by atoms with Gasteiger partial charge in [0.25, 0.3) is 5.91 Å². The standard InChI is InChI=1S/C19H22N2O2/c1-4-5-16-10-12-21(13-11-16)14(2)19(23)20-18-8-6-17(7-9-18)15(3)22/h6-14H,4-5H2,1-3H3/p+1/t14-/m1/s1. The Morgan fingerprint density at radius 3 is 2.22 bits per heavy atom. The Kier molecular flexibility index (Phi) is 5.63. The molecule has 0 bridgehead atoms. The number of aromatic nitrogens is 1. The van der Waals surface area contributed by atoms with Crippen molar-refractivity contribution in [2.24, 2.45) is 0 Å². The lowest BCUT2D eigenvalue weighted by Gasteiger charge is -2.09. The zero-order chi connectivity index (χ0) is 16.8. The first kappa shape index (κ1) is 16.9. The molecule has 0 aliphatic rings. The molecule has 0 spiro atoms. The molecule has 23 heavy (non-hydrogen) atoms. The minimum absolute atomic E-state index is 0.0129. The van der Waals surface area contributed by atoms with Crippen LogP contribution in [0.15, 0.2) is 48.8 Å². The lowest BCUT2D eigenvalue weighted by atomic mass is 10.1. The van der Waals surface area contributed by atoms with Crippen molar-refractivity contribution in [2.75, 3.05) is 5.32 Å². The van der Waals surface area contributed by atoms with Gasteiger partial charge in [-0.1, -0.05) is 13.3 Å². The van der Waals surface area contributed by atoms with Crippen LogP contribution in [-0.2, 0) is 11.2 Å². The van der Waals surface area contributed by atoms with Gasteiger partial charge in [0.2, 0.25) is 6.04 Å². The molecule has 1 heterocycles. The number of carbonyl (C=O) groups is 2. The molecule has 0 unspecified atom stereocenters. The molecule has 0 fully saturated rings. The molecule has 4 heteroatoms. The number of carbonyl (C=O) groups excluding carboxylic acids is 2. The average molecular weight is 311 g/mol. The molecule has 0 saturated heterocycles. The fraction of sp³-hybridized carbons (Fsp3) is 0.316. The Morgan fingerprint density at radius 2 is 1.70 bits per heavy atom. The molecular formula is C19H23N2O2+. The second-order valence-electron chi connectivity index (χ2n) is 5.70. The lowest BCUT2D eigenvalue weighted by Crippen LogP contribution is -2.44. The molecule has 0 radical (unpaired) electrons. The Labute approximate surface area is 137 Å². The van der Waals surface area contributed by atoms with Crippen molar-refractivity contribution in [1.82, 2.24) is 0 Å². The van der Waals surface area contributed by atoms with Crippen LogP contribution in [0.5, 0.6) is 0 Å². The van der Waals surface area contributed by atoms with E-state index in [-0.39, 0.29) is 17.7 Å². The van der Waals surface area contributed by atoms with Crippen LogP contribution in [0.4, 0.5) is 5.69 Å². The summed E-state index contributed by atoms with van der Waals surface area (Å²) in [5, 5.41) is 2.88. The van der Waals surface area contributed by atoms with Crippen LogP contribution in [0.3, 0.4) is 0 Å². The van der Waals surface area contributed by atoms with Gasteiger partial charge in [-0.15, -0.1) is 0 Å². The minimum atomic E-state index is -0.307. The van der Waals surface area contributed by atoms with Gasteiger partial charge in [0.05, 0.1) is 0 Å². The number of hydrogen-bond donors (Lipinski definition) is 1. The largest absolute Gasteiger partial charge is 0.320 e. The Balaban J connectivity index is 2.02. The maximum absolute atomic E-state index is 12.3. The second kappa shape index (κ2) is 7.68. The van der Waals surface area contributed by atoms with Crippen LogP contribution in [-0.4, -0.2) is 11.7 Å². The fourth-order valence-electron chi connectivity index (χ4n) is 2.35. The van der Waals surface area contributed by atoms with Crippen molar-refractivity contribution in [3.05, 3.63) is 59.9 Å². The Morgan fingerprint density at radius 1 is 1.09 bits per heavy atom. The molecule has 4 nitrogen and oxygen atoms in total. The molecule has 1 amide bonds. The van der Waals surface area contributed by atoms with Crippen molar-refractivity contribution in [2.45, 2.75) is 39.7 Å². The van der Waals surface area contributed by atoms with Gasteiger partial charge in [0, 0.05) is 30.3 Å². The van der Waals surface area contributed by atoms with E-state index in [9.17, 15) is 9.59 Å². The van der Waals surface area contributed by atoms with Crippen LogP contribution in [0.1, 0.15) is 49.2 Å². The van der Waals surface area contributed by atoms with E-state index in [1.54, 1.807) is 24.3 Å². The molecule has 1 N–H and O–H groups in total. The summed E-state index contributed by atoms with van der Waals surface area (Å²) >= 11 is 0. The molecule has 1 aromatic carbocycles. The predicted molar refractivity (Wildman–Crippen MR) is 90.4 cm³/mol. The minimum Gasteiger partial charge on any atom is -0.320 e. The smallest absolute Gasteiger partial charge is 0.293 e. The Hall–Kier alpha value is -2.49. The van der Waals surface area contributed by atoms with Crippen molar-refractivity contribution in [3.8, 4) is 0 Å². The summed E-state index contributed by atoms with van der Waals surface area (Å²) in [5.41, 5.74) is 2.60. The molecule has 0 aliphatic carbocycles. The van der Waals surface area contributed by atoms with Crippen LogP contribution < -0.4 is 9.88 Å². The van der Waals surface area contributed by atoms with E-state index >= 15 is 0 Å². The molecule has 0 aliphatic heterocycles. The van der Waals surface area contributed by atoms with Crippen molar-refractivity contribution in [3.63, 3.8) is 0 Å². The third-order valence-corrected chi connectivity index (χ3v) is 3.85. The van der Waals surface area contributed by atoms with E-state index in [0.29, 0.717) is 11.3 Å². The van der Waals surface area contributed by atoms with Crippen molar-refractivity contribution < 1.29 is 14.2 Å². The summed E-state index contributed by atoms with van der Waals surface area (Å²) in [4.78, 5) is 23.6. The van der Waals surface area contributed by atoms with Gasteiger partial charge < -0.3 is 5.32 Å². The number of Topliss-reactive ketones (excluding diaryl/α,β-unsaturated/α-hetero) is 1. The summed E-state index contributed by atoms with van der Waals surface area (Å²) in [6, 6.07) is 10.7. The number of pyridine rings is 1. The number of benzene rings is 1. The first-order valence-electron chi connectivity index (χ1n) is 7.92. The summed E-state index contributed by atoms with van der Waals surface area (Å²) in [6.07, 6.45) is 6.03. The zero-order valence-electron chi connectivity index (χ0n) is 13.9. The number of nitrogens with one attached hydrogen (secondary N) is 1. The van der Waals surface area contributed by atoms with E-state index in [1.807, 2.05) is 23.9 Å².